The summed E-state index contributed by atoms with van der Waals surface area (Å²) in [6.45, 7) is 9.42. The number of hydrogen-bond donors (Lipinski definition) is 0. The Balaban J connectivity index is 3.11. The van der Waals surface area contributed by atoms with Gasteiger partial charge in [0.2, 0.25) is 0 Å². The second-order valence-electron chi connectivity index (χ2n) is 6.38. The summed E-state index contributed by atoms with van der Waals surface area (Å²) in [5.41, 5.74) is 0. The van der Waals surface area contributed by atoms with Crippen molar-refractivity contribution < 1.29 is 4.74 Å². The Hall–Kier alpha value is -0.460. The molecule has 0 N–H and O–H groups in total. The van der Waals surface area contributed by atoms with Crippen LogP contribution in [-0.4, -0.2) is 6.61 Å². The van der Waals surface area contributed by atoms with Crippen LogP contribution in [-0.2, 0) is 4.74 Å². The summed E-state index contributed by atoms with van der Waals surface area (Å²) in [6, 6.07) is 0. The monoisotopic (exact) mass is 296 g/mol. The van der Waals surface area contributed by atoms with Gasteiger partial charge in [0.1, 0.15) is 0 Å². The van der Waals surface area contributed by atoms with E-state index in [0.717, 1.165) is 18.8 Å². The molecule has 0 bridgehead atoms. The second-order valence-corrected chi connectivity index (χ2v) is 6.38. The van der Waals surface area contributed by atoms with Gasteiger partial charge in [0.25, 0.3) is 0 Å². The van der Waals surface area contributed by atoms with Crippen molar-refractivity contribution in [3.63, 3.8) is 0 Å². The van der Waals surface area contributed by atoms with Crippen molar-refractivity contribution in [1.29, 1.82) is 0 Å². The molecule has 21 heavy (non-hydrogen) atoms. The Morgan fingerprint density at radius 2 is 1.05 bits per heavy atom. The molecule has 0 aromatic rings. The molecule has 0 saturated heterocycles. The molecular weight excluding hydrogens is 256 g/mol. The Morgan fingerprint density at radius 3 is 1.57 bits per heavy atom. The van der Waals surface area contributed by atoms with Crippen LogP contribution in [0, 0.1) is 0 Å². The van der Waals surface area contributed by atoms with Crippen LogP contribution in [0.15, 0.2) is 12.3 Å². The average molecular weight is 297 g/mol. The molecule has 0 atom stereocenters. The van der Waals surface area contributed by atoms with E-state index in [2.05, 4.69) is 20.4 Å². The summed E-state index contributed by atoms with van der Waals surface area (Å²) in [4.78, 5) is 0. The van der Waals surface area contributed by atoms with Crippen molar-refractivity contribution in [2.45, 2.75) is 110 Å². The number of unbranched alkanes of at least 4 members (excludes halogenated alkanes) is 12. The summed E-state index contributed by atoms with van der Waals surface area (Å²) < 4.78 is 5.68. The summed E-state index contributed by atoms with van der Waals surface area (Å²) in [5, 5.41) is 0. The lowest BCUT2D eigenvalue weighted by Crippen LogP contribution is -1.94. The number of hydrogen-bond acceptors (Lipinski definition) is 1. The normalized spacial score (nSPS) is 10.8. The predicted molar refractivity (Wildman–Crippen MR) is 95.7 cm³/mol. The number of allylic oxidation sites excluding steroid dienone is 1. The van der Waals surface area contributed by atoms with Gasteiger partial charge in [0, 0.05) is 6.42 Å². The minimum absolute atomic E-state index is 0.872. The SMILES string of the molecule is C=C(CCCCCCCCCCCC)OCCCCCC. The highest BCUT2D eigenvalue weighted by atomic mass is 16.5. The molecule has 1 nitrogen and oxygen atoms in total. The molecule has 0 aliphatic heterocycles. The molecule has 0 unspecified atom stereocenters. The lowest BCUT2D eigenvalue weighted by molar-refractivity contribution is 0.195. The molecule has 0 aromatic carbocycles. The number of rotatable bonds is 17. The Morgan fingerprint density at radius 1 is 0.619 bits per heavy atom. The van der Waals surface area contributed by atoms with Crippen LogP contribution < -0.4 is 0 Å². The smallest absolute Gasteiger partial charge is 0.0888 e. The van der Waals surface area contributed by atoms with E-state index >= 15 is 0 Å². The average Bonchev–Trinajstić information content (AvgIpc) is 2.49. The summed E-state index contributed by atoms with van der Waals surface area (Å²) in [5.74, 6) is 1.01. The van der Waals surface area contributed by atoms with E-state index in [1.807, 2.05) is 0 Å². The van der Waals surface area contributed by atoms with Crippen molar-refractivity contribution in [3.8, 4) is 0 Å². The zero-order chi connectivity index (χ0) is 15.6. The molecule has 0 aliphatic rings. The predicted octanol–water partition coefficient (Wildman–Crippen LogP) is 7.41. The van der Waals surface area contributed by atoms with E-state index in [9.17, 15) is 0 Å². The Labute approximate surface area is 134 Å². The first-order valence-electron chi connectivity index (χ1n) is 9.61. The molecular formula is C20H40O. The van der Waals surface area contributed by atoms with Crippen molar-refractivity contribution in [2.24, 2.45) is 0 Å². The molecule has 0 rings (SSSR count). The summed E-state index contributed by atoms with van der Waals surface area (Å²) in [6.07, 6.45) is 20.1. The topological polar surface area (TPSA) is 9.23 Å². The standard InChI is InChI=1S/C20H40O/c1-4-6-8-10-11-12-13-14-15-16-18-20(3)21-19-17-9-7-5-2/h3-19H2,1-2H3. The van der Waals surface area contributed by atoms with Gasteiger partial charge in [-0.3, -0.25) is 0 Å². The molecule has 0 aliphatic carbocycles. The van der Waals surface area contributed by atoms with Crippen molar-refractivity contribution in [1.82, 2.24) is 0 Å². The van der Waals surface area contributed by atoms with Crippen molar-refractivity contribution in [3.05, 3.63) is 12.3 Å². The molecule has 0 saturated carbocycles. The van der Waals surface area contributed by atoms with E-state index in [-0.39, 0.29) is 0 Å². The third-order valence-corrected chi connectivity index (χ3v) is 4.11. The molecule has 1 heteroatoms. The molecule has 0 amide bonds. The third kappa shape index (κ3) is 17.5. The maximum Gasteiger partial charge on any atom is 0.0888 e. The van der Waals surface area contributed by atoms with Crippen LogP contribution in [0.1, 0.15) is 110 Å². The van der Waals surface area contributed by atoms with Crippen molar-refractivity contribution in [2.75, 3.05) is 6.61 Å². The van der Waals surface area contributed by atoms with Crippen molar-refractivity contribution >= 4 is 0 Å². The minimum Gasteiger partial charge on any atom is -0.499 e. The first kappa shape index (κ1) is 20.5. The highest BCUT2D eigenvalue weighted by Gasteiger charge is 1.97. The first-order valence-corrected chi connectivity index (χ1v) is 9.61. The first-order chi connectivity index (χ1) is 10.3. The van der Waals surface area contributed by atoms with Gasteiger partial charge in [-0.2, -0.15) is 0 Å². The molecule has 0 spiro atoms. The van der Waals surface area contributed by atoms with Gasteiger partial charge in [-0.1, -0.05) is 97.5 Å². The van der Waals surface area contributed by atoms with E-state index < -0.39 is 0 Å². The van der Waals surface area contributed by atoms with Gasteiger partial charge in [-0.15, -0.1) is 0 Å². The van der Waals surface area contributed by atoms with Gasteiger partial charge < -0.3 is 4.74 Å². The fourth-order valence-corrected chi connectivity index (χ4v) is 2.63. The molecule has 0 fully saturated rings. The quantitative estimate of drug-likeness (QED) is 0.200. The molecule has 126 valence electrons. The van der Waals surface area contributed by atoms with E-state index in [1.165, 1.54) is 89.9 Å². The molecule has 0 aromatic heterocycles. The highest BCUT2D eigenvalue weighted by Crippen LogP contribution is 2.14. The fourth-order valence-electron chi connectivity index (χ4n) is 2.63. The Bertz CT molecular complexity index is 210. The summed E-state index contributed by atoms with van der Waals surface area (Å²) >= 11 is 0. The van der Waals surface area contributed by atoms with Crippen LogP contribution in [0.5, 0.6) is 0 Å². The third-order valence-electron chi connectivity index (χ3n) is 4.11. The molecule has 0 heterocycles. The fraction of sp³-hybridized carbons (Fsp3) is 0.900. The zero-order valence-electron chi connectivity index (χ0n) is 14.9. The molecule has 0 radical (unpaired) electrons. The lowest BCUT2D eigenvalue weighted by Gasteiger charge is -2.09. The second kappa shape index (κ2) is 17.6. The zero-order valence-corrected chi connectivity index (χ0v) is 14.9. The van der Waals surface area contributed by atoms with Gasteiger partial charge in [-0.25, -0.2) is 0 Å². The van der Waals surface area contributed by atoms with E-state index in [0.29, 0.717) is 0 Å². The van der Waals surface area contributed by atoms with Gasteiger partial charge in [0.15, 0.2) is 0 Å². The maximum absolute atomic E-state index is 5.68. The maximum atomic E-state index is 5.68. The minimum atomic E-state index is 0.872. The van der Waals surface area contributed by atoms with Crippen LogP contribution in [0.2, 0.25) is 0 Å². The largest absolute Gasteiger partial charge is 0.499 e. The highest BCUT2D eigenvalue weighted by molar-refractivity contribution is 4.81. The van der Waals surface area contributed by atoms with Gasteiger partial charge >= 0.3 is 0 Å². The van der Waals surface area contributed by atoms with Crippen LogP contribution in [0.3, 0.4) is 0 Å². The van der Waals surface area contributed by atoms with Crippen LogP contribution >= 0.6 is 0 Å². The lowest BCUT2D eigenvalue weighted by atomic mass is 10.1. The Kier molecular flexibility index (Phi) is 17.2. The summed E-state index contributed by atoms with van der Waals surface area (Å²) in [7, 11) is 0. The van der Waals surface area contributed by atoms with Gasteiger partial charge in [-0.05, 0) is 12.8 Å². The number of ether oxygens (including phenoxy) is 1. The van der Waals surface area contributed by atoms with Crippen LogP contribution in [0.25, 0.3) is 0 Å². The van der Waals surface area contributed by atoms with E-state index in [1.54, 1.807) is 0 Å². The van der Waals surface area contributed by atoms with Gasteiger partial charge in [0.05, 0.1) is 12.4 Å². The van der Waals surface area contributed by atoms with E-state index in [4.69, 9.17) is 4.74 Å². The van der Waals surface area contributed by atoms with Crippen LogP contribution in [0.4, 0.5) is 0 Å².